The molecule has 1 aromatic heterocycles. The number of pyridine rings is 1. The fourth-order valence-electron chi connectivity index (χ4n) is 4.04. The monoisotopic (exact) mass is 466 g/mol. The lowest BCUT2D eigenvalue weighted by atomic mass is 9.91. The normalized spacial score (nSPS) is 20.4. The quantitative estimate of drug-likeness (QED) is 0.667. The van der Waals surface area contributed by atoms with Crippen molar-refractivity contribution < 1.29 is 36.0 Å². The van der Waals surface area contributed by atoms with Crippen LogP contribution in [0.15, 0.2) is 48.8 Å². The Kier molecular flexibility index (Phi) is 6.52. The van der Waals surface area contributed by atoms with Crippen LogP contribution in [-0.4, -0.2) is 35.5 Å². The summed E-state index contributed by atoms with van der Waals surface area (Å²) >= 11 is 5.85. The molecule has 2 heterocycles. The topological polar surface area (TPSA) is 46.4 Å². The van der Waals surface area contributed by atoms with Gasteiger partial charge in [-0.1, -0.05) is 29.8 Å². The van der Waals surface area contributed by atoms with Crippen molar-refractivity contribution in [1.82, 2.24) is 10.3 Å². The standard InChI is InChI=1S/C20H18ClF6N3O/c21-15-8-2-1-7-14(15)17(31)29-18(19(22,23)24,20(25,26)27)30-11-4-3-9-16(30)13-6-5-10-28-12-13/h1-2,5-8,10,12,16H,3-4,9,11H2,(H,29,31)/p+1. The molecule has 11 heteroatoms. The number of benzene rings is 1. The zero-order valence-corrected chi connectivity index (χ0v) is 16.8. The molecule has 1 aliphatic heterocycles. The summed E-state index contributed by atoms with van der Waals surface area (Å²) in [6.45, 7) is -0.443. The third kappa shape index (κ3) is 4.36. The minimum absolute atomic E-state index is 0.0803. The Bertz CT molecular complexity index is 905. The molecule has 2 N–H and O–H groups in total. The van der Waals surface area contributed by atoms with Gasteiger partial charge in [-0.15, -0.1) is 0 Å². The molecule has 0 radical (unpaired) electrons. The zero-order chi connectivity index (χ0) is 22.9. The lowest BCUT2D eigenvalue weighted by Crippen LogP contribution is -3.27. The van der Waals surface area contributed by atoms with E-state index in [1.54, 1.807) is 0 Å². The molecule has 0 saturated carbocycles. The van der Waals surface area contributed by atoms with Crippen molar-refractivity contribution >= 4 is 17.5 Å². The van der Waals surface area contributed by atoms with Gasteiger partial charge in [0.2, 0.25) is 0 Å². The first-order chi connectivity index (χ1) is 14.5. The molecule has 2 unspecified atom stereocenters. The predicted octanol–water partition coefficient (Wildman–Crippen LogP) is 4.10. The second kappa shape index (κ2) is 8.66. The van der Waals surface area contributed by atoms with E-state index in [9.17, 15) is 31.1 Å². The number of carbonyl (C=O) groups excluding carboxylic acids is 1. The Hall–Kier alpha value is -2.33. The smallest absolute Gasteiger partial charge is 0.291 e. The number of halogens is 7. The molecule has 4 nitrogen and oxygen atoms in total. The molecule has 0 aliphatic carbocycles. The molecule has 2 aromatic rings. The fraction of sp³-hybridized carbons (Fsp3) is 0.400. The van der Waals surface area contributed by atoms with Crippen molar-refractivity contribution in [3.05, 3.63) is 64.9 Å². The second-order valence-corrected chi connectivity index (χ2v) is 7.70. The van der Waals surface area contributed by atoms with Gasteiger partial charge in [-0.25, -0.2) is 0 Å². The van der Waals surface area contributed by atoms with E-state index >= 15 is 0 Å². The van der Waals surface area contributed by atoms with Crippen molar-refractivity contribution in [2.75, 3.05) is 6.54 Å². The van der Waals surface area contributed by atoms with Crippen molar-refractivity contribution in [2.45, 2.75) is 43.3 Å². The van der Waals surface area contributed by atoms with Gasteiger partial charge in [0.05, 0.1) is 17.1 Å². The van der Waals surface area contributed by atoms with Crippen LogP contribution in [0.25, 0.3) is 0 Å². The average molecular weight is 467 g/mol. The number of rotatable bonds is 4. The average Bonchev–Trinajstić information content (AvgIpc) is 2.71. The number of carbonyl (C=O) groups is 1. The minimum atomic E-state index is -5.84. The van der Waals surface area contributed by atoms with E-state index in [2.05, 4.69) is 4.98 Å². The second-order valence-electron chi connectivity index (χ2n) is 7.29. The number of quaternary nitrogens is 1. The van der Waals surface area contributed by atoms with Crippen LogP contribution in [0.4, 0.5) is 26.3 Å². The Morgan fingerprint density at radius 2 is 1.71 bits per heavy atom. The number of piperidine rings is 1. The maximum Gasteiger partial charge on any atom is 0.475 e. The van der Waals surface area contributed by atoms with Gasteiger partial charge in [-0.05, 0) is 31.0 Å². The summed E-state index contributed by atoms with van der Waals surface area (Å²) in [4.78, 5) is 15.6. The molecule has 2 atom stereocenters. The molecule has 168 valence electrons. The van der Waals surface area contributed by atoms with Crippen molar-refractivity contribution in [3.63, 3.8) is 0 Å². The first kappa shape index (κ1) is 23.3. The van der Waals surface area contributed by atoms with E-state index < -0.39 is 47.0 Å². The Morgan fingerprint density at radius 3 is 2.29 bits per heavy atom. The van der Waals surface area contributed by atoms with E-state index in [1.165, 1.54) is 48.0 Å². The predicted molar refractivity (Wildman–Crippen MR) is 100 cm³/mol. The maximum atomic E-state index is 14.3. The number of amides is 1. The number of likely N-dealkylation sites (tertiary alicyclic amines) is 1. The van der Waals surface area contributed by atoms with E-state index in [0.717, 1.165) is 6.07 Å². The third-order valence-electron chi connectivity index (χ3n) is 5.45. The highest BCUT2D eigenvalue weighted by atomic mass is 35.5. The minimum Gasteiger partial charge on any atom is -0.291 e. The van der Waals surface area contributed by atoms with Gasteiger partial charge in [-0.2, -0.15) is 26.3 Å². The molecule has 0 spiro atoms. The van der Waals surface area contributed by atoms with Crippen LogP contribution in [-0.2, 0) is 0 Å². The van der Waals surface area contributed by atoms with E-state index in [4.69, 9.17) is 11.6 Å². The van der Waals surface area contributed by atoms with Gasteiger partial charge in [0.15, 0.2) is 0 Å². The Labute approximate surface area is 179 Å². The van der Waals surface area contributed by atoms with Gasteiger partial charge in [0, 0.05) is 24.4 Å². The van der Waals surface area contributed by atoms with Gasteiger partial charge < -0.3 is 0 Å². The fourth-order valence-corrected chi connectivity index (χ4v) is 4.26. The number of aromatic nitrogens is 1. The molecule has 1 saturated heterocycles. The van der Waals surface area contributed by atoms with Crippen LogP contribution in [0, 0.1) is 0 Å². The number of nitrogens with one attached hydrogen (secondary N) is 2. The summed E-state index contributed by atoms with van der Waals surface area (Å²) in [5, 5.41) is 1.05. The summed E-state index contributed by atoms with van der Waals surface area (Å²) in [5.41, 5.74) is -4.77. The van der Waals surface area contributed by atoms with Gasteiger partial charge >= 0.3 is 18.0 Å². The molecular weight excluding hydrogens is 448 g/mol. The number of hydrogen-bond acceptors (Lipinski definition) is 2. The highest BCUT2D eigenvalue weighted by molar-refractivity contribution is 6.33. The SMILES string of the molecule is O=C(NC([NH+]1CCCCC1c1cccnc1)(C(F)(F)F)C(F)(F)F)c1ccccc1Cl. The molecule has 3 rings (SSSR count). The molecular formula is C20H19ClF6N3O+. The Morgan fingerprint density at radius 1 is 1.03 bits per heavy atom. The van der Waals surface area contributed by atoms with Crippen molar-refractivity contribution in [1.29, 1.82) is 0 Å². The van der Waals surface area contributed by atoms with E-state index in [1.807, 2.05) is 0 Å². The zero-order valence-electron chi connectivity index (χ0n) is 16.0. The van der Waals surface area contributed by atoms with Gasteiger partial charge in [0.1, 0.15) is 6.04 Å². The summed E-state index contributed by atoms with van der Waals surface area (Å²) in [7, 11) is 0. The highest BCUT2D eigenvalue weighted by Gasteiger charge is 2.80. The van der Waals surface area contributed by atoms with Gasteiger partial charge in [0.25, 0.3) is 5.91 Å². The summed E-state index contributed by atoms with van der Waals surface area (Å²) in [5.74, 6) is -1.55. The van der Waals surface area contributed by atoms with E-state index in [0.29, 0.717) is 6.42 Å². The number of hydrogen-bond donors (Lipinski definition) is 2. The molecule has 1 amide bonds. The van der Waals surface area contributed by atoms with Crippen LogP contribution in [0.5, 0.6) is 0 Å². The van der Waals surface area contributed by atoms with E-state index in [-0.39, 0.29) is 23.4 Å². The van der Waals surface area contributed by atoms with Crippen LogP contribution < -0.4 is 10.2 Å². The van der Waals surface area contributed by atoms with Crippen LogP contribution in [0.2, 0.25) is 5.02 Å². The summed E-state index contributed by atoms with van der Waals surface area (Å²) in [6, 6.07) is 6.72. The maximum absolute atomic E-state index is 14.3. The van der Waals surface area contributed by atoms with Crippen molar-refractivity contribution in [3.8, 4) is 0 Å². The molecule has 0 bridgehead atoms. The summed E-state index contributed by atoms with van der Waals surface area (Å²) in [6.07, 6.45) is -8.37. The molecule has 31 heavy (non-hydrogen) atoms. The summed E-state index contributed by atoms with van der Waals surface area (Å²) < 4.78 is 85.9. The van der Waals surface area contributed by atoms with Crippen LogP contribution >= 0.6 is 11.6 Å². The van der Waals surface area contributed by atoms with Crippen LogP contribution in [0.3, 0.4) is 0 Å². The number of alkyl halides is 6. The lowest BCUT2D eigenvalue weighted by Gasteiger charge is -2.47. The van der Waals surface area contributed by atoms with Crippen LogP contribution in [0.1, 0.15) is 41.2 Å². The highest BCUT2D eigenvalue weighted by Crippen LogP contribution is 2.41. The molecule has 1 fully saturated rings. The molecule has 1 aliphatic rings. The first-order valence-electron chi connectivity index (χ1n) is 9.45. The third-order valence-corrected chi connectivity index (χ3v) is 5.78. The lowest BCUT2D eigenvalue weighted by molar-refractivity contribution is -1.01. The van der Waals surface area contributed by atoms with Crippen molar-refractivity contribution in [2.24, 2.45) is 0 Å². The van der Waals surface area contributed by atoms with Gasteiger partial charge in [-0.3, -0.25) is 20.0 Å². The number of nitrogens with zero attached hydrogens (tertiary/aromatic N) is 1. The molecule has 1 aromatic carbocycles. The largest absolute Gasteiger partial charge is 0.475 e. The Balaban J connectivity index is 2.15. The first-order valence-corrected chi connectivity index (χ1v) is 9.83.